The summed E-state index contributed by atoms with van der Waals surface area (Å²) in [6, 6.07) is 0. The Bertz CT molecular complexity index is 2720. The maximum absolute atomic E-state index is 15.6. The van der Waals surface area contributed by atoms with Gasteiger partial charge in [0.05, 0.1) is 76.8 Å². The van der Waals surface area contributed by atoms with Crippen molar-refractivity contribution in [3.05, 3.63) is 11.6 Å². The van der Waals surface area contributed by atoms with Gasteiger partial charge in [0, 0.05) is 5.92 Å². The smallest absolute Gasteiger partial charge is 0.317 e. The van der Waals surface area contributed by atoms with Crippen LogP contribution in [0, 0.1) is 50.7 Å². The largest absolute Gasteiger partial charge is 0.432 e. The van der Waals surface area contributed by atoms with Crippen LogP contribution in [-0.4, -0.2) is 328 Å². The molecule has 0 amide bonds. The van der Waals surface area contributed by atoms with Crippen LogP contribution in [0.15, 0.2) is 11.6 Å². The van der Waals surface area contributed by atoms with Crippen molar-refractivity contribution < 1.29 is 158 Å². The van der Waals surface area contributed by atoms with Crippen LogP contribution in [0.1, 0.15) is 92.9 Å². The SMILES string of the molecule is C[C@@H]1O[C@@H](O[C@H]2[C@H](OC(=O)[C@]34CCC(C)(C)C[C@@H]3C3=CC[C@@H]5[C@@]6(C)C[C@@H](O)[C@@H](O[C@H]7O[C@H](CO)[C@@H]8O[C@H]9C(O[C@@H]8[C@H]7O)O[C@H](CO)[C@H](O)C9O)C(C(O)CO)[C@@H]6CC[C@@]5(C)[C@]3(C)C[C@H]4O)OC[C@@H](O)[C@H]2O)[C@H](O)[C@H](O)[C@H]1O[C@@H]1OC[C@H](O)[C@H](O[C@@H]2OC[C@@](O)(CO)[C@@H]2O)[C@@H]1O. The first-order chi connectivity index (χ1) is 44.8. The molecule has 32 nitrogen and oxygen atoms in total. The molecule has 12 aliphatic rings. The van der Waals surface area contributed by atoms with Crippen molar-refractivity contribution >= 4 is 5.97 Å². The highest BCUT2D eigenvalue weighted by Crippen LogP contribution is 2.75. The third kappa shape index (κ3) is 12.0. The Balaban J connectivity index is 0.751. The maximum Gasteiger partial charge on any atom is 0.317 e. The van der Waals surface area contributed by atoms with Gasteiger partial charge < -0.3 is 153 Å². The molecule has 0 aromatic carbocycles. The Hall–Kier alpha value is -1.99. The summed E-state index contributed by atoms with van der Waals surface area (Å²) >= 11 is 0. The molecule has 0 aromatic rings. The molecule has 4 unspecified atom stereocenters. The number of esters is 1. The van der Waals surface area contributed by atoms with Gasteiger partial charge in [-0.15, -0.1) is 0 Å². The van der Waals surface area contributed by atoms with Gasteiger partial charge in [-0.25, -0.2) is 0 Å². The van der Waals surface area contributed by atoms with E-state index in [1.807, 2.05) is 0 Å². The van der Waals surface area contributed by atoms with Crippen LogP contribution in [0.4, 0.5) is 0 Å². The molecular weight excluding hydrogens is 1270 g/mol. The summed E-state index contributed by atoms with van der Waals surface area (Å²) in [5.41, 5.74) is -5.39. The van der Waals surface area contributed by atoms with Crippen molar-refractivity contribution in [2.75, 3.05) is 46.2 Å². The van der Waals surface area contributed by atoms with Crippen molar-refractivity contribution in [1.29, 1.82) is 0 Å². The predicted octanol–water partition coefficient (Wildman–Crippen LogP) is -6.51. The van der Waals surface area contributed by atoms with Crippen molar-refractivity contribution in [2.45, 2.75) is 277 Å². The molecule has 12 rings (SSSR count). The summed E-state index contributed by atoms with van der Waals surface area (Å²) in [6.45, 7) is 7.38. The van der Waals surface area contributed by atoms with E-state index < -0.39 is 275 Å². The summed E-state index contributed by atoms with van der Waals surface area (Å²) in [4.78, 5) is 15.6. The molecule has 0 radical (unpaired) electrons. The van der Waals surface area contributed by atoms with E-state index in [1.165, 1.54) is 6.92 Å². The summed E-state index contributed by atoms with van der Waals surface area (Å²) < 4.78 is 77.3. The fraction of sp³-hybridized carbons (Fsp3) is 0.952. The predicted molar refractivity (Wildman–Crippen MR) is 311 cm³/mol. The Labute approximate surface area is 548 Å². The maximum atomic E-state index is 15.6. The quantitative estimate of drug-likeness (QED) is 0.0412. The molecule has 32 heteroatoms. The normalized spacial score (nSPS) is 55.5. The van der Waals surface area contributed by atoms with Gasteiger partial charge in [-0.2, -0.15) is 0 Å². The molecule has 95 heavy (non-hydrogen) atoms. The second kappa shape index (κ2) is 27.0. The topological polar surface area (TPSA) is 501 Å². The standard InChI is InChI=1S/C63H100O32/c1-23-43(90-51-41(78)45(30(71)20-83-51)92-56-50(80)62(82,21-67)22-85-56)39(76)40(77)52(86-23)94-48-36(73)29(70)19-84-54(48)95-57(81)63-12-11-58(2,3)13-26(63)24-7-8-33-59(4)14-27(68)44(35(28(69)16-64)25(59)9-10-60(33,5)61(24,6)15-34(63)72)91-53-42(79)47-46(32(18-66)88-53)89-49-38(75)37(74)31(17-65)87-55(49)93-47/h7,23,25-56,64-80,82H,8-22H2,1-6H3/t23-,25-,26+,27+,28?,29+,30-,31+,32+,33+,34+,35?,36+,37-,38?,39-,40+,41-,42+,43-,44+,45-,46-,47+,48+,49+,50+,51-,52-,53+,54-,55?,56-,59-,60+,61+,62-,63+/m0/s1. The van der Waals surface area contributed by atoms with E-state index >= 15 is 4.79 Å². The molecule has 7 saturated heterocycles. The number of rotatable bonds is 15. The molecule has 18 N–H and O–H groups in total. The van der Waals surface area contributed by atoms with Crippen LogP contribution in [0.2, 0.25) is 0 Å². The van der Waals surface area contributed by atoms with Gasteiger partial charge in [0.15, 0.2) is 37.6 Å². The number of aliphatic hydroxyl groups is 18. The lowest BCUT2D eigenvalue weighted by Gasteiger charge is -2.71. The zero-order chi connectivity index (χ0) is 68.7. The highest BCUT2D eigenvalue weighted by atomic mass is 16.8. The molecule has 38 atom stereocenters. The molecule has 4 saturated carbocycles. The average Bonchev–Trinajstić information content (AvgIpc) is 1.20. The fourth-order valence-corrected chi connectivity index (χ4v) is 19.1. The number of allylic oxidation sites excluding steroid dienone is 2. The molecule has 0 bridgehead atoms. The molecule has 11 fully saturated rings. The molecular formula is C63H100O32. The van der Waals surface area contributed by atoms with Crippen molar-refractivity contribution in [1.82, 2.24) is 0 Å². The monoisotopic (exact) mass is 1370 g/mol. The number of hydrogen-bond donors (Lipinski definition) is 18. The van der Waals surface area contributed by atoms with Gasteiger partial charge in [-0.05, 0) is 97.7 Å². The molecule has 7 heterocycles. The Morgan fingerprint density at radius 3 is 1.95 bits per heavy atom. The summed E-state index contributed by atoms with van der Waals surface area (Å²) in [5, 5.41) is 200. The Morgan fingerprint density at radius 2 is 1.26 bits per heavy atom. The first kappa shape index (κ1) is 72.8. The lowest BCUT2D eigenvalue weighted by molar-refractivity contribution is -0.419. The number of carbonyl (C=O) groups is 1. The summed E-state index contributed by atoms with van der Waals surface area (Å²) in [5.74, 6) is -3.16. The minimum atomic E-state index is -2.08. The van der Waals surface area contributed by atoms with Gasteiger partial charge in [0.2, 0.25) is 6.29 Å². The van der Waals surface area contributed by atoms with Gasteiger partial charge in [-0.1, -0.05) is 46.3 Å². The van der Waals surface area contributed by atoms with Crippen LogP contribution in [0.3, 0.4) is 0 Å². The number of ether oxygens (including phenoxy) is 13. The number of hydrogen-bond acceptors (Lipinski definition) is 32. The lowest BCUT2D eigenvalue weighted by atomic mass is 9.34. The number of aliphatic hydroxyl groups excluding tert-OH is 17. The second-order valence-corrected chi connectivity index (χ2v) is 30.6. The minimum Gasteiger partial charge on any atom is -0.432 e. The van der Waals surface area contributed by atoms with Crippen LogP contribution in [0.25, 0.3) is 0 Å². The highest BCUT2D eigenvalue weighted by molar-refractivity contribution is 5.80. The van der Waals surface area contributed by atoms with E-state index in [9.17, 15) is 91.9 Å². The van der Waals surface area contributed by atoms with Crippen LogP contribution >= 0.6 is 0 Å². The third-order valence-electron chi connectivity index (χ3n) is 24.7. The Morgan fingerprint density at radius 1 is 0.600 bits per heavy atom. The van der Waals surface area contributed by atoms with Crippen molar-refractivity contribution in [2.24, 2.45) is 50.7 Å². The van der Waals surface area contributed by atoms with Gasteiger partial charge >= 0.3 is 5.97 Å². The first-order valence-electron chi connectivity index (χ1n) is 33.4. The van der Waals surface area contributed by atoms with E-state index in [1.54, 1.807) is 0 Å². The van der Waals surface area contributed by atoms with Gasteiger partial charge in [-0.3, -0.25) is 4.79 Å². The third-order valence-corrected chi connectivity index (χ3v) is 24.7. The molecule has 5 aliphatic carbocycles. The van der Waals surface area contributed by atoms with E-state index in [2.05, 4.69) is 40.7 Å². The van der Waals surface area contributed by atoms with Gasteiger partial charge in [0.1, 0.15) is 115 Å². The molecule has 7 aliphatic heterocycles. The van der Waals surface area contributed by atoms with Crippen molar-refractivity contribution in [3.63, 3.8) is 0 Å². The van der Waals surface area contributed by atoms with Crippen LogP contribution in [0.5, 0.6) is 0 Å². The lowest BCUT2D eigenvalue weighted by Crippen LogP contribution is -2.72. The minimum absolute atomic E-state index is 0.0669. The average molecular weight is 1370 g/mol. The summed E-state index contributed by atoms with van der Waals surface area (Å²) in [7, 11) is 0. The number of carbonyl (C=O) groups excluding carboxylic acids is 1. The van der Waals surface area contributed by atoms with E-state index in [4.69, 9.17) is 61.6 Å². The van der Waals surface area contributed by atoms with Gasteiger partial charge in [0.25, 0.3) is 0 Å². The summed E-state index contributed by atoms with van der Waals surface area (Å²) in [6.07, 6.45) is -40.2. The highest BCUT2D eigenvalue weighted by Gasteiger charge is 2.73. The zero-order valence-electron chi connectivity index (χ0n) is 54.0. The van der Waals surface area contributed by atoms with Crippen LogP contribution in [-0.2, 0) is 66.4 Å². The molecule has 0 aromatic heterocycles. The second-order valence-electron chi connectivity index (χ2n) is 30.6. The first-order valence-corrected chi connectivity index (χ1v) is 33.4. The van der Waals surface area contributed by atoms with Crippen molar-refractivity contribution in [3.8, 4) is 0 Å². The zero-order valence-corrected chi connectivity index (χ0v) is 54.0. The molecule has 544 valence electrons. The van der Waals surface area contributed by atoms with E-state index in [-0.39, 0.29) is 30.6 Å². The van der Waals surface area contributed by atoms with E-state index in [0.717, 1.165) is 5.57 Å². The Kier molecular flexibility index (Phi) is 20.7. The fourth-order valence-electron chi connectivity index (χ4n) is 19.1. The van der Waals surface area contributed by atoms with Crippen LogP contribution < -0.4 is 0 Å². The van der Waals surface area contributed by atoms with E-state index in [0.29, 0.717) is 32.1 Å². The molecule has 0 spiro atoms. The number of fused-ring (bicyclic) bond motifs is 9.